The zero-order valence-corrected chi connectivity index (χ0v) is 9.85. The monoisotopic (exact) mass is 224 g/mol. The Labute approximate surface area is 96.2 Å². The number of aromatic nitrogens is 1. The predicted molar refractivity (Wildman–Crippen MR) is 61.0 cm³/mol. The number of hydrogen-bond donors (Lipinski definition) is 1. The van der Waals surface area contributed by atoms with E-state index in [2.05, 4.69) is 10.1 Å². The van der Waals surface area contributed by atoms with Crippen molar-refractivity contribution in [1.29, 1.82) is 0 Å². The quantitative estimate of drug-likeness (QED) is 0.827. The van der Waals surface area contributed by atoms with E-state index in [0.717, 1.165) is 24.5 Å². The Morgan fingerprint density at radius 1 is 1.50 bits per heavy atom. The van der Waals surface area contributed by atoms with Crippen LogP contribution in [0, 0.1) is 6.92 Å². The molecular weight excluding hydrogens is 204 g/mol. The van der Waals surface area contributed by atoms with E-state index in [1.807, 2.05) is 13.0 Å². The molecule has 1 saturated carbocycles. The predicted octanol–water partition coefficient (Wildman–Crippen LogP) is 1.72. The molecule has 4 heteroatoms. The van der Waals surface area contributed by atoms with Gasteiger partial charge in [0.05, 0.1) is 12.3 Å². The minimum atomic E-state index is 0.216. The van der Waals surface area contributed by atoms with E-state index in [0.29, 0.717) is 6.04 Å². The summed E-state index contributed by atoms with van der Waals surface area (Å²) < 4.78 is 5.07. The van der Waals surface area contributed by atoms with Gasteiger partial charge in [0, 0.05) is 25.2 Å². The Morgan fingerprint density at radius 2 is 2.25 bits per heavy atom. The first-order valence-corrected chi connectivity index (χ1v) is 6.06. The van der Waals surface area contributed by atoms with E-state index in [9.17, 15) is 0 Å². The highest BCUT2D eigenvalue weighted by Gasteiger charge is 2.22. The van der Waals surface area contributed by atoms with E-state index >= 15 is 0 Å². The molecule has 0 radical (unpaired) electrons. The van der Waals surface area contributed by atoms with E-state index < -0.39 is 0 Å². The van der Waals surface area contributed by atoms with Crippen molar-refractivity contribution in [3.05, 3.63) is 17.5 Å². The second-order valence-electron chi connectivity index (χ2n) is 4.56. The lowest BCUT2D eigenvalue weighted by molar-refractivity contribution is 0.141. The molecule has 1 heterocycles. The van der Waals surface area contributed by atoms with Crippen LogP contribution < -0.4 is 0 Å². The van der Waals surface area contributed by atoms with Crippen molar-refractivity contribution in [2.75, 3.05) is 13.2 Å². The topological polar surface area (TPSA) is 49.5 Å². The molecule has 0 bridgehead atoms. The lowest BCUT2D eigenvalue weighted by atomic mass is 10.2. The first kappa shape index (κ1) is 11.6. The van der Waals surface area contributed by atoms with Gasteiger partial charge in [0.2, 0.25) is 0 Å². The fraction of sp³-hybridized carbons (Fsp3) is 0.750. The average molecular weight is 224 g/mol. The fourth-order valence-corrected chi connectivity index (χ4v) is 2.49. The van der Waals surface area contributed by atoms with Gasteiger partial charge in [-0.3, -0.25) is 4.90 Å². The molecule has 16 heavy (non-hydrogen) atoms. The van der Waals surface area contributed by atoms with Crippen LogP contribution in [0.4, 0.5) is 0 Å². The highest BCUT2D eigenvalue weighted by molar-refractivity contribution is 5.03. The highest BCUT2D eigenvalue weighted by atomic mass is 16.5. The van der Waals surface area contributed by atoms with Gasteiger partial charge in [-0.25, -0.2) is 0 Å². The van der Waals surface area contributed by atoms with Gasteiger partial charge >= 0.3 is 0 Å². The molecule has 90 valence electrons. The number of aliphatic hydroxyl groups is 1. The maximum atomic E-state index is 9.09. The van der Waals surface area contributed by atoms with Crippen molar-refractivity contribution in [1.82, 2.24) is 10.1 Å². The van der Waals surface area contributed by atoms with Crippen LogP contribution in [-0.4, -0.2) is 34.4 Å². The zero-order valence-electron chi connectivity index (χ0n) is 9.85. The molecule has 0 atom stereocenters. The van der Waals surface area contributed by atoms with E-state index in [1.54, 1.807) is 0 Å². The summed E-state index contributed by atoms with van der Waals surface area (Å²) in [7, 11) is 0. The Hall–Kier alpha value is -0.870. The van der Waals surface area contributed by atoms with Crippen molar-refractivity contribution in [2.45, 2.75) is 45.2 Å². The smallest absolute Gasteiger partial charge is 0.133 e. The summed E-state index contributed by atoms with van der Waals surface area (Å²) in [5.41, 5.74) is 0.970. The lowest BCUT2D eigenvalue weighted by Gasteiger charge is -2.26. The third kappa shape index (κ3) is 2.83. The molecule has 2 rings (SSSR count). The molecule has 4 nitrogen and oxygen atoms in total. The molecule has 0 aromatic carbocycles. The zero-order chi connectivity index (χ0) is 11.4. The third-order valence-electron chi connectivity index (χ3n) is 3.27. The van der Waals surface area contributed by atoms with Crippen molar-refractivity contribution in [3.8, 4) is 0 Å². The van der Waals surface area contributed by atoms with Crippen molar-refractivity contribution in [2.24, 2.45) is 0 Å². The van der Waals surface area contributed by atoms with Crippen LogP contribution in [-0.2, 0) is 6.54 Å². The largest absolute Gasteiger partial charge is 0.395 e. The van der Waals surface area contributed by atoms with Crippen molar-refractivity contribution >= 4 is 0 Å². The van der Waals surface area contributed by atoms with Crippen LogP contribution in [0.2, 0.25) is 0 Å². The maximum absolute atomic E-state index is 9.09. The normalized spacial score (nSPS) is 17.4. The van der Waals surface area contributed by atoms with Gasteiger partial charge in [-0.15, -0.1) is 0 Å². The van der Waals surface area contributed by atoms with Gasteiger partial charge in [-0.05, 0) is 19.8 Å². The molecule has 0 unspecified atom stereocenters. The van der Waals surface area contributed by atoms with Gasteiger partial charge in [0.1, 0.15) is 5.76 Å². The Morgan fingerprint density at radius 3 is 2.81 bits per heavy atom. The summed E-state index contributed by atoms with van der Waals surface area (Å²) in [4.78, 5) is 2.32. The lowest BCUT2D eigenvalue weighted by Crippen LogP contribution is -2.35. The second kappa shape index (κ2) is 5.46. The second-order valence-corrected chi connectivity index (χ2v) is 4.56. The van der Waals surface area contributed by atoms with Gasteiger partial charge in [-0.1, -0.05) is 18.0 Å². The fourth-order valence-electron chi connectivity index (χ4n) is 2.49. The number of hydrogen-bond acceptors (Lipinski definition) is 4. The van der Waals surface area contributed by atoms with Gasteiger partial charge in [0.25, 0.3) is 0 Å². The van der Waals surface area contributed by atoms with Crippen LogP contribution in [0.25, 0.3) is 0 Å². The number of rotatable bonds is 5. The maximum Gasteiger partial charge on any atom is 0.133 e. The molecule has 1 aromatic rings. The van der Waals surface area contributed by atoms with E-state index in [4.69, 9.17) is 9.63 Å². The van der Waals surface area contributed by atoms with Crippen molar-refractivity contribution in [3.63, 3.8) is 0 Å². The van der Waals surface area contributed by atoms with Crippen LogP contribution >= 0.6 is 0 Å². The van der Waals surface area contributed by atoms with Gasteiger partial charge in [0.15, 0.2) is 0 Å². The molecule has 0 saturated heterocycles. The molecule has 1 N–H and O–H groups in total. The SMILES string of the molecule is Cc1cc(CN(CCO)C2CCCC2)no1. The van der Waals surface area contributed by atoms with Gasteiger partial charge < -0.3 is 9.63 Å². The molecule has 1 aromatic heterocycles. The van der Waals surface area contributed by atoms with Gasteiger partial charge in [-0.2, -0.15) is 0 Å². The molecular formula is C12H20N2O2. The summed E-state index contributed by atoms with van der Waals surface area (Å²) in [6.07, 6.45) is 5.11. The molecule has 0 amide bonds. The summed E-state index contributed by atoms with van der Waals surface area (Å²) >= 11 is 0. The van der Waals surface area contributed by atoms with Crippen LogP contribution in [0.5, 0.6) is 0 Å². The molecule has 0 aliphatic heterocycles. The summed E-state index contributed by atoms with van der Waals surface area (Å²) in [6.45, 7) is 3.65. The Bertz CT molecular complexity index is 319. The van der Waals surface area contributed by atoms with Crippen LogP contribution in [0.1, 0.15) is 37.1 Å². The van der Waals surface area contributed by atoms with Crippen LogP contribution in [0.3, 0.4) is 0 Å². The van der Waals surface area contributed by atoms with E-state index in [1.165, 1.54) is 25.7 Å². The van der Waals surface area contributed by atoms with Crippen LogP contribution in [0.15, 0.2) is 10.6 Å². The summed E-state index contributed by atoms with van der Waals surface area (Å²) in [6, 6.07) is 2.59. The third-order valence-corrected chi connectivity index (χ3v) is 3.27. The summed E-state index contributed by atoms with van der Waals surface area (Å²) in [5.74, 6) is 0.852. The molecule has 1 fully saturated rings. The number of aliphatic hydroxyl groups excluding tert-OH is 1. The highest BCUT2D eigenvalue weighted by Crippen LogP contribution is 2.24. The number of aryl methyl sites for hydroxylation is 1. The first-order chi connectivity index (χ1) is 7.79. The standard InChI is InChI=1S/C12H20N2O2/c1-10-8-11(13-16-10)9-14(6-7-15)12-4-2-3-5-12/h8,12,15H,2-7,9H2,1H3. The molecule has 0 spiro atoms. The minimum Gasteiger partial charge on any atom is -0.395 e. The number of nitrogens with zero attached hydrogens (tertiary/aromatic N) is 2. The first-order valence-electron chi connectivity index (χ1n) is 6.06. The summed E-state index contributed by atoms with van der Waals surface area (Å²) in [5, 5.41) is 13.1. The Balaban J connectivity index is 1.96. The molecule has 1 aliphatic carbocycles. The van der Waals surface area contributed by atoms with Crippen molar-refractivity contribution < 1.29 is 9.63 Å². The minimum absolute atomic E-state index is 0.216. The molecule has 1 aliphatic rings. The average Bonchev–Trinajstić information content (AvgIpc) is 2.88. The van der Waals surface area contributed by atoms with E-state index in [-0.39, 0.29) is 6.61 Å². The Kier molecular flexibility index (Phi) is 3.96.